The molecular formula is C16H17Br2NO2. The van der Waals surface area contributed by atoms with Crippen LogP contribution in [0.3, 0.4) is 0 Å². The van der Waals surface area contributed by atoms with Crippen LogP contribution in [0.2, 0.25) is 0 Å². The number of benzene rings is 1. The van der Waals surface area contributed by atoms with Crippen LogP contribution in [0, 0.1) is 11.8 Å². The minimum atomic E-state index is -0.00683. The van der Waals surface area contributed by atoms with Gasteiger partial charge in [0.15, 0.2) is 5.76 Å². The van der Waals surface area contributed by atoms with Gasteiger partial charge in [0.2, 0.25) is 0 Å². The minimum absolute atomic E-state index is 0.00683. The molecule has 0 spiro atoms. The lowest BCUT2D eigenvalue weighted by Gasteiger charge is -2.34. The Kier molecular flexibility index (Phi) is 4.14. The van der Waals surface area contributed by atoms with Crippen molar-refractivity contribution in [1.82, 2.24) is 4.90 Å². The van der Waals surface area contributed by atoms with Gasteiger partial charge in [0.1, 0.15) is 5.58 Å². The molecule has 1 aliphatic heterocycles. The van der Waals surface area contributed by atoms with E-state index in [0.29, 0.717) is 17.6 Å². The Labute approximate surface area is 140 Å². The Balaban J connectivity index is 1.93. The van der Waals surface area contributed by atoms with Crippen LogP contribution in [-0.2, 0) is 0 Å². The summed E-state index contributed by atoms with van der Waals surface area (Å²) in [5.74, 6) is 1.50. The maximum absolute atomic E-state index is 12.7. The highest BCUT2D eigenvalue weighted by Gasteiger charge is 2.28. The van der Waals surface area contributed by atoms with Crippen molar-refractivity contribution >= 4 is 48.7 Å². The molecule has 21 heavy (non-hydrogen) atoms. The fourth-order valence-corrected chi connectivity index (χ4v) is 4.51. The van der Waals surface area contributed by atoms with Gasteiger partial charge in [-0.15, -0.1) is 0 Å². The van der Waals surface area contributed by atoms with E-state index in [9.17, 15) is 4.79 Å². The highest BCUT2D eigenvalue weighted by molar-refractivity contribution is 9.11. The average Bonchev–Trinajstić information content (AvgIpc) is 2.80. The lowest BCUT2D eigenvalue weighted by atomic mass is 9.92. The molecule has 5 heteroatoms. The van der Waals surface area contributed by atoms with Gasteiger partial charge in [-0.25, -0.2) is 0 Å². The number of hydrogen-bond acceptors (Lipinski definition) is 2. The number of rotatable bonds is 1. The van der Waals surface area contributed by atoms with Gasteiger partial charge in [-0.3, -0.25) is 4.79 Å². The second-order valence-electron chi connectivity index (χ2n) is 6.07. The number of amides is 1. The predicted octanol–water partition coefficient (Wildman–Crippen LogP) is 5.08. The average molecular weight is 415 g/mol. The standard InChI is InChI=1S/C16H17Br2NO2/c1-9-3-10(2)8-19(7-9)16(20)14-5-11-4-12(17)6-13(18)15(11)21-14/h4-6,9-10H,3,7-8H2,1-2H3. The quantitative estimate of drug-likeness (QED) is 0.652. The van der Waals surface area contributed by atoms with E-state index < -0.39 is 0 Å². The van der Waals surface area contributed by atoms with Gasteiger partial charge in [0.25, 0.3) is 5.91 Å². The summed E-state index contributed by atoms with van der Waals surface area (Å²) in [5.41, 5.74) is 0.722. The van der Waals surface area contributed by atoms with E-state index in [2.05, 4.69) is 45.7 Å². The Morgan fingerprint density at radius 3 is 2.52 bits per heavy atom. The van der Waals surface area contributed by atoms with Gasteiger partial charge in [-0.1, -0.05) is 29.8 Å². The van der Waals surface area contributed by atoms with Crippen LogP contribution >= 0.6 is 31.9 Å². The molecule has 0 saturated carbocycles. The Morgan fingerprint density at radius 1 is 1.19 bits per heavy atom. The number of furan rings is 1. The molecule has 2 heterocycles. The van der Waals surface area contributed by atoms with Crippen molar-refractivity contribution in [3.63, 3.8) is 0 Å². The molecule has 1 fully saturated rings. The van der Waals surface area contributed by atoms with Crippen molar-refractivity contribution in [2.45, 2.75) is 20.3 Å². The molecule has 2 aromatic rings. The molecule has 1 saturated heterocycles. The number of likely N-dealkylation sites (tertiary alicyclic amines) is 1. The Hall–Kier alpha value is -0.810. The SMILES string of the molecule is CC1CC(C)CN(C(=O)c2cc3cc(Br)cc(Br)c3o2)C1. The van der Waals surface area contributed by atoms with Crippen molar-refractivity contribution in [2.24, 2.45) is 11.8 Å². The highest BCUT2D eigenvalue weighted by Crippen LogP contribution is 2.32. The first-order valence-corrected chi connectivity index (χ1v) is 8.70. The summed E-state index contributed by atoms with van der Waals surface area (Å²) in [7, 11) is 0. The normalized spacial score (nSPS) is 22.8. The fourth-order valence-electron chi connectivity index (χ4n) is 3.17. The molecule has 0 bridgehead atoms. The van der Waals surface area contributed by atoms with Gasteiger partial charge in [0, 0.05) is 22.9 Å². The lowest BCUT2D eigenvalue weighted by molar-refractivity contribution is 0.0594. The zero-order valence-electron chi connectivity index (χ0n) is 12.0. The van der Waals surface area contributed by atoms with Gasteiger partial charge >= 0.3 is 0 Å². The van der Waals surface area contributed by atoms with E-state index in [-0.39, 0.29) is 5.91 Å². The van der Waals surface area contributed by atoms with Gasteiger partial charge in [0.05, 0.1) is 4.47 Å². The summed E-state index contributed by atoms with van der Waals surface area (Å²) in [5, 5.41) is 0.928. The van der Waals surface area contributed by atoms with Gasteiger partial charge < -0.3 is 9.32 Å². The van der Waals surface area contributed by atoms with Crippen molar-refractivity contribution in [3.05, 3.63) is 32.9 Å². The number of fused-ring (bicyclic) bond motifs is 1. The number of carbonyl (C=O) groups excluding carboxylic acids is 1. The van der Waals surface area contributed by atoms with Crippen LogP contribution in [0.1, 0.15) is 30.8 Å². The largest absolute Gasteiger partial charge is 0.450 e. The monoisotopic (exact) mass is 413 g/mol. The fraction of sp³-hybridized carbons (Fsp3) is 0.438. The maximum atomic E-state index is 12.7. The predicted molar refractivity (Wildman–Crippen MR) is 90.5 cm³/mol. The molecule has 2 unspecified atom stereocenters. The van der Waals surface area contributed by atoms with E-state index >= 15 is 0 Å². The minimum Gasteiger partial charge on any atom is -0.450 e. The molecule has 1 aromatic carbocycles. The summed E-state index contributed by atoms with van der Waals surface area (Å²) in [6, 6.07) is 5.71. The van der Waals surface area contributed by atoms with E-state index in [1.165, 1.54) is 6.42 Å². The molecule has 1 aromatic heterocycles. The number of piperidine rings is 1. The number of halogens is 2. The zero-order chi connectivity index (χ0) is 15.1. The third-order valence-electron chi connectivity index (χ3n) is 3.90. The Bertz CT molecular complexity index is 685. The molecule has 1 amide bonds. The van der Waals surface area contributed by atoms with Crippen LogP contribution in [0.4, 0.5) is 0 Å². The van der Waals surface area contributed by atoms with Gasteiger partial charge in [-0.05, 0) is 52.4 Å². The first-order valence-electron chi connectivity index (χ1n) is 7.12. The summed E-state index contributed by atoms with van der Waals surface area (Å²) in [4.78, 5) is 14.6. The van der Waals surface area contributed by atoms with Crippen LogP contribution in [0.15, 0.2) is 31.6 Å². The lowest BCUT2D eigenvalue weighted by Crippen LogP contribution is -2.42. The summed E-state index contributed by atoms with van der Waals surface area (Å²) < 4.78 is 7.59. The number of hydrogen-bond donors (Lipinski definition) is 0. The molecule has 0 aliphatic carbocycles. The van der Waals surface area contributed by atoms with E-state index in [1.54, 1.807) is 0 Å². The van der Waals surface area contributed by atoms with E-state index in [0.717, 1.165) is 33.0 Å². The number of carbonyl (C=O) groups is 1. The third kappa shape index (κ3) is 3.04. The highest BCUT2D eigenvalue weighted by atomic mass is 79.9. The molecule has 1 aliphatic rings. The van der Waals surface area contributed by atoms with E-state index in [4.69, 9.17) is 4.42 Å². The second kappa shape index (κ2) is 5.76. The van der Waals surface area contributed by atoms with Crippen molar-refractivity contribution in [1.29, 1.82) is 0 Å². The second-order valence-corrected chi connectivity index (χ2v) is 7.84. The first kappa shape index (κ1) is 15.1. The van der Waals surface area contributed by atoms with E-state index in [1.807, 2.05) is 23.1 Å². The van der Waals surface area contributed by atoms with Crippen molar-refractivity contribution in [3.8, 4) is 0 Å². The summed E-state index contributed by atoms with van der Waals surface area (Å²) in [6.45, 7) is 6.01. The molecule has 0 N–H and O–H groups in total. The Morgan fingerprint density at radius 2 is 1.86 bits per heavy atom. The van der Waals surface area contributed by atoms with Crippen molar-refractivity contribution < 1.29 is 9.21 Å². The molecule has 2 atom stereocenters. The van der Waals surface area contributed by atoms with Crippen LogP contribution < -0.4 is 0 Å². The molecule has 112 valence electrons. The molecule has 0 radical (unpaired) electrons. The maximum Gasteiger partial charge on any atom is 0.289 e. The molecule has 3 nitrogen and oxygen atoms in total. The van der Waals surface area contributed by atoms with Crippen LogP contribution in [0.25, 0.3) is 11.0 Å². The first-order chi connectivity index (χ1) is 9.94. The zero-order valence-corrected chi connectivity index (χ0v) is 15.2. The number of nitrogens with zero attached hydrogens (tertiary/aromatic N) is 1. The molecule has 3 rings (SSSR count). The summed E-state index contributed by atoms with van der Waals surface area (Å²) >= 11 is 6.93. The molecular weight excluding hydrogens is 398 g/mol. The summed E-state index contributed by atoms with van der Waals surface area (Å²) in [6.07, 6.45) is 1.18. The van der Waals surface area contributed by atoms with Gasteiger partial charge in [-0.2, -0.15) is 0 Å². The third-order valence-corrected chi connectivity index (χ3v) is 4.95. The topological polar surface area (TPSA) is 33.5 Å². The van der Waals surface area contributed by atoms with Crippen LogP contribution in [0.5, 0.6) is 0 Å². The van der Waals surface area contributed by atoms with Crippen LogP contribution in [-0.4, -0.2) is 23.9 Å². The smallest absolute Gasteiger partial charge is 0.289 e. The van der Waals surface area contributed by atoms with Crippen molar-refractivity contribution in [2.75, 3.05) is 13.1 Å².